The maximum atomic E-state index is 11.9. The normalized spacial score (nSPS) is 19.3. The van der Waals surface area contributed by atoms with Gasteiger partial charge < -0.3 is 15.1 Å². The summed E-state index contributed by atoms with van der Waals surface area (Å²) in [5.74, 6) is -1.29. The summed E-state index contributed by atoms with van der Waals surface area (Å²) in [5, 5.41) is 18.3. The predicted molar refractivity (Wildman–Crippen MR) is 65.7 cm³/mol. The fraction of sp³-hybridized carbons (Fsp3) is 0.385. The summed E-state index contributed by atoms with van der Waals surface area (Å²) in [5.41, 5.74) is 1.33. The Morgan fingerprint density at radius 2 is 2.22 bits per heavy atom. The SMILES string of the molecule is Cc1cccc(C(=O)O)c1N1CC(CO)CC1=O. The molecule has 0 radical (unpaired) electrons. The van der Waals surface area contributed by atoms with Crippen LogP contribution in [0.25, 0.3) is 0 Å². The molecule has 5 heteroatoms. The predicted octanol–water partition coefficient (Wildman–Crippen LogP) is 1.04. The number of amides is 1. The van der Waals surface area contributed by atoms with E-state index in [-0.39, 0.29) is 30.4 Å². The van der Waals surface area contributed by atoms with Crippen molar-refractivity contribution in [3.63, 3.8) is 0 Å². The number of aliphatic hydroxyl groups excluding tert-OH is 1. The third-order valence-corrected chi connectivity index (χ3v) is 3.20. The quantitative estimate of drug-likeness (QED) is 0.839. The molecule has 5 nitrogen and oxygen atoms in total. The summed E-state index contributed by atoms with van der Waals surface area (Å²) < 4.78 is 0. The van der Waals surface area contributed by atoms with Gasteiger partial charge in [0.2, 0.25) is 5.91 Å². The standard InChI is InChI=1S/C13H15NO4/c1-8-3-2-4-10(13(17)18)12(8)14-6-9(7-15)5-11(14)16/h2-4,9,15H,5-7H2,1H3,(H,17,18). The largest absolute Gasteiger partial charge is 0.478 e. The number of anilines is 1. The monoisotopic (exact) mass is 249 g/mol. The average Bonchev–Trinajstić information content (AvgIpc) is 2.70. The molecule has 0 bridgehead atoms. The number of para-hydroxylation sites is 1. The Labute approximate surface area is 105 Å². The Hall–Kier alpha value is -1.88. The molecule has 1 fully saturated rings. The Kier molecular flexibility index (Phi) is 3.34. The molecule has 18 heavy (non-hydrogen) atoms. The van der Waals surface area contributed by atoms with Crippen LogP contribution in [0, 0.1) is 12.8 Å². The van der Waals surface area contributed by atoms with Gasteiger partial charge in [-0.3, -0.25) is 4.79 Å². The summed E-state index contributed by atoms with van der Waals surface area (Å²) in [6, 6.07) is 4.93. The van der Waals surface area contributed by atoms with Gasteiger partial charge in [-0.15, -0.1) is 0 Å². The van der Waals surface area contributed by atoms with Crippen molar-refractivity contribution in [1.29, 1.82) is 0 Å². The minimum Gasteiger partial charge on any atom is -0.478 e. The molecule has 1 aliphatic rings. The topological polar surface area (TPSA) is 77.8 Å². The number of nitrogens with zero attached hydrogens (tertiary/aromatic N) is 1. The van der Waals surface area contributed by atoms with Crippen LogP contribution in [0.2, 0.25) is 0 Å². The Bertz CT molecular complexity index is 498. The number of benzene rings is 1. The molecule has 0 saturated carbocycles. The maximum absolute atomic E-state index is 11.9. The zero-order valence-electron chi connectivity index (χ0n) is 10.1. The molecule has 1 aromatic rings. The van der Waals surface area contributed by atoms with Gasteiger partial charge in [-0.25, -0.2) is 4.79 Å². The van der Waals surface area contributed by atoms with Gasteiger partial charge in [0.25, 0.3) is 0 Å². The van der Waals surface area contributed by atoms with Crippen molar-refractivity contribution in [3.05, 3.63) is 29.3 Å². The first-order chi connectivity index (χ1) is 8.54. The van der Waals surface area contributed by atoms with E-state index >= 15 is 0 Å². The zero-order chi connectivity index (χ0) is 13.3. The highest BCUT2D eigenvalue weighted by atomic mass is 16.4. The van der Waals surface area contributed by atoms with Crippen molar-refractivity contribution in [1.82, 2.24) is 0 Å². The van der Waals surface area contributed by atoms with Gasteiger partial charge in [-0.05, 0) is 18.6 Å². The van der Waals surface area contributed by atoms with Crippen LogP contribution >= 0.6 is 0 Å². The first kappa shape index (κ1) is 12.6. The third kappa shape index (κ3) is 2.09. The first-order valence-corrected chi connectivity index (χ1v) is 5.78. The van der Waals surface area contributed by atoms with Gasteiger partial charge in [0.1, 0.15) is 0 Å². The molecule has 0 aliphatic carbocycles. The maximum Gasteiger partial charge on any atom is 0.337 e. The van der Waals surface area contributed by atoms with Crippen molar-refractivity contribution in [3.8, 4) is 0 Å². The summed E-state index contributed by atoms with van der Waals surface area (Å²) >= 11 is 0. The van der Waals surface area contributed by atoms with Gasteiger partial charge in [0.15, 0.2) is 0 Å². The van der Waals surface area contributed by atoms with E-state index in [0.717, 1.165) is 5.56 Å². The van der Waals surface area contributed by atoms with Crippen LogP contribution in [0.4, 0.5) is 5.69 Å². The second-order valence-electron chi connectivity index (χ2n) is 4.53. The van der Waals surface area contributed by atoms with Gasteiger partial charge in [-0.2, -0.15) is 0 Å². The fourth-order valence-electron chi connectivity index (χ4n) is 2.31. The molecule has 1 amide bonds. The van der Waals surface area contributed by atoms with Crippen LogP contribution in [-0.4, -0.2) is 35.2 Å². The lowest BCUT2D eigenvalue weighted by atomic mass is 10.1. The second-order valence-corrected chi connectivity index (χ2v) is 4.53. The number of aryl methyl sites for hydroxylation is 1. The van der Waals surface area contributed by atoms with Gasteiger partial charge in [-0.1, -0.05) is 12.1 Å². The lowest BCUT2D eigenvalue weighted by Crippen LogP contribution is -2.27. The Morgan fingerprint density at radius 3 is 2.78 bits per heavy atom. The summed E-state index contributed by atoms with van der Waals surface area (Å²) in [6.07, 6.45) is 0.268. The van der Waals surface area contributed by atoms with Gasteiger partial charge >= 0.3 is 5.97 Å². The summed E-state index contributed by atoms with van der Waals surface area (Å²) in [7, 11) is 0. The lowest BCUT2D eigenvalue weighted by molar-refractivity contribution is -0.117. The van der Waals surface area contributed by atoms with Crippen LogP contribution in [-0.2, 0) is 4.79 Å². The Balaban J connectivity index is 2.45. The van der Waals surface area contributed by atoms with Gasteiger partial charge in [0, 0.05) is 25.5 Å². The molecular weight excluding hydrogens is 234 g/mol. The number of carboxylic acids is 1. The highest BCUT2D eigenvalue weighted by Gasteiger charge is 2.33. The highest BCUT2D eigenvalue weighted by molar-refractivity contribution is 6.04. The van der Waals surface area contributed by atoms with Crippen molar-refractivity contribution < 1.29 is 19.8 Å². The number of carbonyl (C=O) groups excluding carboxylic acids is 1. The smallest absolute Gasteiger partial charge is 0.337 e. The third-order valence-electron chi connectivity index (χ3n) is 3.20. The molecule has 1 atom stereocenters. The second kappa shape index (κ2) is 4.78. The number of carboxylic acid groups (broad SMARTS) is 1. The molecule has 1 saturated heterocycles. The van der Waals surface area contributed by atoms with Gasteiger partial charge in [0.05, 0.1) is 11.3 Å². The van der Waals surface area contributed by atoms with Crippen molar-refractivity contribution >= 4 is 17.6 Å². The lowest BCUT2D eigenvalue weighted by Gasteiger charge is -2.21. The number of aliphatic hydroxyl groups is 1. The minimum absolute atomic E-state index is 0.0590. The summed E-state index contributed by atoms with van der Waals surface area (Å²) in [6.45, 7) is 2.10. The van der Waals surface area contributed by atoms with E-state index in [0.29, 0.717) is 12.2 Å². The number of rotatable bonds is 3. The van der Waals surface area contributed by atoms with Crippen LogP contribution in [0.5, 0.6) is 0 Å². The average molecular weight is 249 g/mol. The van der Waals surface area contributed by atoms with Crippen molar-refractivity contribution in [2.24, 2.45) is 5.92 Å². The van der Waals surface area contributed by atoms with Crippen LogP contribution < -0.4 is 4.90 Å². The molecule has 1 aliphatic heterocycles. The van der Waals surface area contributed by atoms with E-state index in [1.807, 2.05) is 0 Å². The van der Waals surface area contributed by atoms with Crippen LogP contribution in [0.3, 0.4) is 0 Å². The molecule has 2 N–H and O–H groups in total. The van der Waals surface area contributed by atoms with E-state index in [4.69, 9.17) is 5.11 Å². The number of carbonyl (C=O) groups is 2. The number of aromatic carboxylic acids is 1. The van der Waals surface area contributed by atoms with E-state index in [1.54, 1.807) is 19.1 Å². The molecule has 1 unspecified atom stereocenters. The van der Waals surface area contributed by atoms with E-state index < -0.39 is 5.97 Å². The molecule has 0 aromatic heterocycles. The molecule has 96 valence electrons. The molecular formula is C13H15NO4. The summed E-state index contributed by atoms with van der Waals surface area (Å²) in [4.78, 5) is 24.6. The van der Waals surface area contributed by atoms with Crippen LogP contribution in [0.1, 0.15) is 22.3 Å². The highest BCUT2D eigenvalue weighted by Crippen LogP contribution is 2.31. The molecule has 1 heterocycles. The van der Waals surface area contributed by atoms with E-state index in [1.165, 1.54) is 11.0 Å². The van der Waals surface area contributed by atoms with E-state index in [9.17, 15) is 14.7 Å². The number of hydrogen-bond donors (Lipinski definition) is 2. The molecule has 1 aromatic carbocycles. The van der Waals surface area contributed by atoms with Crippen molar-refractivity contribution in [2.45, 2.75) is 13.3 Å². The van der Waals surface area contributed by atoms with E-state index in [2.05, 4.69) is 0 Å². The molecule has 2 rings (SSSR count). The number of hydrogen-bond acceptors (Lipinski definition) is 3. The zero-order valence-corrected chi connectivity index (χ0v) is 10.1. The van der Waals surface area contributed by atoms with Crippen LogP contribution in [0.15, 0.2) is 18.2 Å². The minimum atomic E-state index is -1.05. The Morgan fingerprint density at radius 1 is 1.50 bits per heavy atom. The fourth-order valence-corrected chi connectivity index (χ4v) is 2.31. The first-order valence-electron chi connectivity index (χ1n) is 5.78. The van der Waals surface area contributed by atoms with Crippen molar-refractivity contribution in [2.75, 3.05) is 18.1 Å². The molecule has 0 spiro atoms.